The highest BCUT2D eigenvalue weighted by molar-refractivity contribution is 6.22. The van der Waals surface area contributed by atoms with Gasteiger partial charge in [-0.3, -0.25) is 0 Å². The topological polar surface area (TPSA) is 0 Å². The van der Waals surface area contributed by atoms with Gasteiger partial charge in [0.1, 0.15) is 0 Å². The van der Waals surface area contributed by atoms with E-state index in [9.17, 15) is 0 Å². The summed E-state index contributed by atoms with van der Waals surface area (Å²) in [4.78, 5) is 0. The van der Waals surface area contributed by atoms with E-state index in [1.54, 1.807) is 6.92 Å². The number of hydrogen-bond donors (Lipinski definition) is 0. The van der Waals surface area contributed by atoms with Crippen molar-refractivity contribution in [3.63, 3.8) is 0 Å². The van der Waals surface area contributed by atoms with Gasteiger partial charge < -0.3 is 0 Å². The van der Waals surface area contributed by atoms with Crippen LogP contribution >= 0.6 is 11.6 Å². The minimum Gasteiger partial charge on any atom is -0.109 e. The van der Waals surface area contributed by atoms with E-state index in [4.69, 9.17) is 11.6 Å². The van der Waals surface area contributed by atoms with E-state index in [0.29, 0.717) is 0 Å². The van der Waals surface area contributed by atoms with Gasteiger partial charge >= 0.3 is 0 Å². The molecule has 0 aromatic rings. The fourth-order valence-corrected chi connectivity index (χ4v) is 0.308. The molecule has 0 fully saturated rings. The minimum atomic E-state index is 0.00926. The van der Waals surface area contributed by atoms with Crippen LogP contribution in [0.25, 0.3) is 0 Å². The maximum Gasteiger partial charge on any atom is 0.0914 e. The zero-order chi connectivity index (χ0) is 4.99. The molecule has 6 heavy (non-hydrogen) atoms. The van der Waals surface area contributed by atoms with Gasteiger partial charge in [-0.2, -0.15) is 0 Å². The summed E-state index contributed by atoms with van der Waals surface area (Å²) < 4.78 is 0. The van der Waals surface area contributed by atoms with Crippen LogP contribution < -0.4 is 0 Å². The highest BCUT2D eigenvalue weighted by Gasteiger charge is 1.79. The normalized spacial score (nSPS) is 11.8. The first-order valence-electron chi connectivity index (χ1n) is 1.83. The van der Waals surface area contributed by atoms with Crippen molar-refractivity contribution >= 4 is 11.6 Å². The van der Waals surface area contributed by atoms with Crippen molar-refractivity contribution in [3.8, 4) is 11.8 Å². The number of halogens is 1. The monoisotopic (exact) mass is 102 g/mol. The van der Waals surface area contributed by atoms with Crippen LogP contribution in [0.3, 0.4) is 0 Å². The Morgan fingerprint density at radius 1 is 1.67 bits per heavy atom. The minimum absolute atomic E-state index is 0.00926. The van der Waals surface area contributed by atoms with Crippen LogP contribution in [0.5, 0.6) is 0 Å². The Balaban J connectivity index is 3.20. The van der Waals surface area contributed by atoms with E-state index in [1.165, 1.54) is 0 Å². The molecule has 0 aliphatic rings. The molecule has 0 radical (unpaired) electrons. The van der Waals surface area contributed by atoms with Crippen molar-refractivity contribution in [2.75, 3.05) is 0 Å². The summed E-state index contributed by atoms with van der Waals surface area (Å²) in [7, 11) is 0. The molecule has 0 aromatic heterocycles. The molecule has 1 atom stereocenters. The largest absolute Gasteiger partial charge is 0.109 e. The standard InChI is InChI=1S/C5H7Cl/c1-3-4-5(2)6/h5H,1-2H3. The smallest absolute Gasteiger partial charge is 0.0914 e. The molecule has 0 aliphatic carbocycles. The molecular weight excluding hydrogens is 95.5 g/mol. The van der Waals surface area contributed by atoms with Crippen LogP contribution in [0.1, 0.15) is 13.8 Å². The first-order valence-corrected chi connectivity index (χ1v) is 2.27. The molecule has 0 amide bonds. The van der Waals surface area contributed by atoms with E-state index >= 15 is 0 Å². The average molecular weight is 103 g/mol. The summed E-state index contributed by atoms with van der Waals surface area (Å²) in [5.74, 6) is 5.41. The zero-order valence-corrected chi connectivity index (χ0v) is 4.71. The van der Waals surface area contributed by atoms with Crippen LogP contribution in [0.2, 0.25) is 0 Å². The molecule has 0 aliphatic heterocycles. The lowest BCUT2D eigenvalue weighted by molar-refractivity contribution is 1.28. The molecule has 0 saturated carbocycles. The van der Waals surface area contributed by atoms with Crippen LogP contribution in [-0.2, 0) is 0 Å². The van der Waals surface area contributed by atoms with E-state index in [2.05, 4.69) is 11.8 Å². The van der Waals surface area contributed by atoms with Gasteiger partial charge in [0.2, 0.25) is 0 Å². The van der Waals surface area contributed by atoms with E-state index in [1.807, 2.05) is 6.92 Å². The Hall–Kier alpha value is -0.150. The van der Waals surface area contributed by atoms with Gasteiger partial charge in [0.15, 0.2) is 0 Å². The van der Waals surface area contributed by atoms with Crippen molar-refractivity contribution in [3.05, 3.63) is 0 Å². The van der Waals surface area contributed by atoms with Crippen molar-refractivity contribution in [2.24, 2.45) is 0 Å². The predicted molar refractivity (Wildman–Crippen MR) is 28.8 cm³/mol. The van der Waals surface area contributed by atoms with Crippen LogP contribution in [0.15, 0.2) is 0 Å². The maximum absolute atomic E-state index is 5.40. The quantitative estimate of drug-likeness (QED) is 0.322. The highest BCUT2D eigenvalue weighted by atomic mass is 35.5. The van der Waals surface area contributed by atoms with Crippen molar-refractivity contribution in [1.82, 2.24) is 0 Å². The molecule has 0 saturated heterocycles. The Labute approximate surface area is 43.5 Å². The molecule has 34 valence electrons. The van der Waals surface area contributed by atoms with Gasteiger partial charge in [-0.15, -0.1) is 17.5 Å². The van der Waals surface area contributed by atoms with Gasteiger partial charge in [0, 0.05) is 0 Å². The fourth-order valence-electron chi connectivity index (χ4n) is 0.199. The second-order valence-corrected chi connectivity index (χ2v) is 1.66. The van der Waals surface area contributed by atoms with Crippen molar-refractivity contribution in [2.45, 2.75) is 19.2 Å². The third-order valence-electron chi connectivity index (χ3n) is 0.343. The van der Waals surface area contributed by atoms with E-state index < -0.39 is 0 Å². The van der Waals surface area contributed by atoms with Gasteiger partial charge in [0.25, 0.3) is 0 Å². The Bertz CT molecular complexity index is 73.7. The highest BCUT2D eigenvalue weighted by Crippen LogP contribution is 1.86. The van der Waals surface area contributed by atoms with Crippen molar-refractivity contribution in [1.29, 1.82) is 0 Å². The molecule has 0 spiro atoms. The molecule has 0 heterocycles. The molecular formula is C5H7Cl. The first-order chi connectivity index (χ1) is 2.77. The molecule has 0 rings (SSSR count). The van der Waals surface area contributed by atoms with Crippen LogP contribution in [0, 0.1) is 11.8 Å². The number of alkyl halides is 1. The van der Waals surface area contributed by atoms with Gasteiger partial charge in [-0.1, -0.05) is 5.92 Å². The second kappa shape index (κ2) is 3.06. The molecule has 0 bridgehead atoms. The molecule has 0 nitrogen and oxygen atoms in total. The fraction of sp³-hybridized carbons (Fsp3) is 0.600. The first kappa shape index (κ1) is 5.85. The SMILES string of the molecule is CC#CC(C)Cl. The van der Waals surface area contributed by atoms with Crippen molar-refractivity contribution < 1.29 is 0 Å². The van der Waals surface area contributed by atoms with Gasteiger partial charge in [-0.25, -0.2) is 0 Å². The number of hydrogen-bond acceptors (Lipinski definition) is 0. The van der Waals surface area contributed by atoms with Gasteiger partial charge in [0.05, 0.1) is 5.38 Å². The Morgan fingerprint density at radius 2 is 2.17 bits per heavy atom. The molecule has 1 heteroatoms. The second-order valence-electron chi connectivity index (χ2n) is 1.01. The van der Waals surface area contributed by atoms with E-state index in [0.717, 1.165) is 0 Å². The lowest BCUT2D eigenvalue weighted by Crippen LogP contribution is -1.78. The summed E-state index contributed by atoms with van der Waals surface area (Å²) in [5.41, 5.74) is 0. The van der Waals surface area contributed by atoms with E-state index in [-0.39, 0.29) is 5.38 Å². The maximum atomic E-state index is 5.40. The third-order valence-corrected chi connectivity index (χ3v) is 0.452. The lowest BCUT2D eigenvalue weighted by Gasteiger charge is -1.79. The average Bonchev–Trinajstić information content (AvgIpc) is 1.35. The molecule has 0 aromatic carbocycles. The lowest BCUT2D eigenvalue weighted by atomic mass is 10.5. The predicted octanol–water partition coefficient (Wildman–Crippen LogP) is 1.64. The number of rotatable bonds is 0. The molecule has 1 unspecified atom stereocenters. The molecule has 0 N–H and O–H groups in total. The van der Waals surface area contributed by atoms with Crippen LogP contribution in [-0.4, -0.2) is 5.38 Å². The summed E-state index contributed by atoms with van der Waals surface area (Å²) in [5, 5.41) is 0.00926. The summed E-state index contributed by atoms with van der Waals surface area (Å²) in [6.45, 7) is 3.62. The summed E-state index contributed by atoms with van der Waals surface area (Å²) in [6.07, 6.45) is 0. The third kappa shape index (κ3) is 3.85. The zero-order valence-electron chi connectivity index (χ0n) is 3.96. The van der Waals surface area contributed by atoms with Gasteiger partial charge in [-0.05, 0) is 13.8 Å². The van der Waals surface area contributed by atoms with Crippen LogP contribution in [0.4, 0.5) is 0 Å². The Morgan fingerprint density at radius 3 is 2.17 bits per heavy atom. The Kier molecular flexibility index (Phi) is 2.98. The summed E-state index contributed by atoms with van der Waals surface area (Å²) in [6, 6.07) is 0. The summed E-state index contributed by atoms with van der Waals surface area (Å²) >= 11 is 5.40.